The second kappa shape index (κ2) is 9.88. The van der Waals surface area contributed by atoms with Gasteiger partial charge < -0.3 is 14.6 Å². The largest absolute Gasteiger partial charge is 0.496 e. The van der Waals surface area contributed by atoms with Crippen LogP contribution in [-0.4, -0.2) is 44.4 Å². The Morgan fingerprint density at radius 3 is 2.42 bits per heavy atom. The molecule has 4 rings (SSSR count). The number of methoxy groups -OCH3 is 1. The lowest BCUT2D eigenvalue weighted by Gasteiger charge is -2.15. The van der Waals surface area contributed by atoms with Crippen LogP contribution in [0.1, 0.15) is 35.7 Å². The van der Waals surface area contributed by atoms with Gasteiger partial charge in [-0.3, -0.25) is 9.36 Å². The van der Waals surface area contributed by atoms with Gasteiger partial charge >= 0.3 is 12.6 Å². The second-order valence-electron chi connectivity index (χ2n) is 7.96. The molecule has 0 aliphatic carbocycles. The van der Waals surface area contributed by atoms with Gasteiger partial charge in [0.05, 0.1) is 24.5 Å². The summed E-state index contributed by atoms with van der Waals surface area (Å²) in [7, 11) is 2.67. The Hall–Kier alpha value is -4.09. The SMILES string of the molecule is CCCn1cc(-c2cc(C(F)F)c3c(-c4cc(OC)c(C(=O)O)c(OC(F)F)c4)n(C)nc3c2)cn1. The zero-order valence-corrected chi connectivity index (χ0v) is 19.5. The van der Waals surface area contributed by atoms with Gasteiger partial charge in [0, 0.05) is 41.9 Å². The molecule has 0 amide bonds. The van der Waals surface area contributed by atoms with Crippen LogP contribution in [0.5, 0.6) is 11.5 Å². The first kappa shape index (κ1) is 25.0. The molecule has 0 spiro atoms. The maximum absolute atomic E-state index is 14.3. The number of alkyl halides is 4. The van der Waals surface area contributed by atoms with Crippen LogP contribution in [0.25, 0.3) is 33.3 Å². The van der Waals surface area contributed by atoms with Crippen molar-refractivity contribution in [2.75, 3.05) is 7.11 Å². The van der Waals surface area contributed by atoms with Crippen molar-refractivity contribution in [3.8, 4) is 33.9 Å². The molecule has 2 aromatic heterocycles. The van der Waals surface area contributed by atoms with Crippen LogP contribution in [0.3, 0.4) is 0 Å². The normalized spacial score (nSPS) is 11.6. The maximum atomic E-state index is 14.3. The highest BCUT2D eigenvalue weighted by atomic mass is 19.3. The molecule has 0 bridgehead atoms. The average molecular weight is 506 g/mol. The Labute approximate surface area is 202 Å². The van der Waals surface area contributed by atoms with Crippen molar-refractivity contribution >= 4 is 16.9 Å². The van der Waals surface area contributed by atoms with Crippen LogP contribution >= 0.6 is 0 Å². The highest BCUT2D eigenvalue weighted by molar-refractivity contribution is 6.01. The van der Waals surface area contributed by atoms with Crippen molar-refractivity contribution in [2.45, 2.75) is 32.9 Å². The molecule has 0 radical (unpaired) electrons. The minimum absolute atomic E-state index is 0.0883. The summed E-state index contributed by atoms with van der Waals surface area (Å²) >= 11 is 0. The van der Waals surface area contributed by atoms with E-state index < -0.39 is 30.3 Å². The first-order chi connectivity index (χ1) is 17.1. The fraction of sp³-hybridized carbons (Fsp3) is 0.292. The summed E-state index contributed by atoms with van der Waals surface area (Å²) in [5, 5.41) is 18.2. The number of carboxylic acids is 1. The molecule has 0 atom stereocenters. The van der Waals surface area contributed by atoms with Crippen LogP contribution in [0.15, 0.2) is 36.7 Å². The summed E-state index contributed by atoms with van der Waals surface area (Å²) in [5.41, 5.74) is 0.691. The van der Waals surface area contributed by atoms with E-state index in [9.17, 15) is 27.5 Å². The molecule has 0 unspecified atom stereocenters. The number of carboxylic acid groups (broad SMARTS) is 1. The number of nitrogens with zero attached hydrogens (tertiary/aromatic N) is 4. The second-order valence-corrected chi connectivity index (χ2v) is 7.96. The van der Waals surface area contributed by atoms with Gasteiger partial charge in [-0.25, -0.2) is 13.6 Å². The van der Waals surface area contributed by atoms with Gasteiger partial charge in [-0.2, -0.15) is 19.0 Å². The first-order valence-corrected chi connectivity index (χ1v) is 10.9. The summed E-state index contributed by atoms with van der Waals surface area (Å²) in [6.45, 7) is -0.651. The number of aryl methyl sites for hydroxylation is 2. The third kappa shape index (κ3) is 4.58. The van der Waals surface area contributed by atoms with Crippen LogP contribution < -0.4 is 9.47 Å². The van der Waals surface area contributed by atoms with Gasteiger partial charge in [-0.1, -0.05) is 6.92 Å². The Morgan fingerprint density at radius 2 is 1.81 bits per heavy atom. The minimum Gasteiger partial charge on any atom is -0.496 e. The Balaban J connectivity index is 1.96. The quantitative estimate of drug-likeness (QED) is 0.290. The molecule has 0 fully saturated rings. The molecule has 2 heterocycles. The Bertz CT molecular complexity index is 1430. The van der Waals surface area contributed by atoms with E-state index in [1.807, 2.05) is 6.92 Å². The van der Waals surface area contributed by atoms with E-state index >= 15 is 0 Å². The molecular weight excluding hydrogens is 484 g/mol. The molecule has 1 N–H and O–H groups in total. The van der Waals surface area contributed by atoms with E-state index in [4.69, 9.17) is 4.74 Å². The number of hydrogen-bond acceptors (Lipinski definition) is 5. The lowest BCUT2D eigenvalue weighted by atomic mass is 9.97. The van der Waals surface area contributed by atoms with Crippen molar-refractivity contribution in [1.82, 2.24) is 19.6 Å². The number of fused-ring (bicyclic) bond motifs is 1. The van der Waals surface area contributed by atoms with Crippen molar-refractivity contribution in [3.63, 3.8) is 0 Å². The first-order valence-electron chi connectivity index (χ1n) is 10.9. The number of ether oxygens (including phenoxy) is 2. The predicted octanol–water partition coefficient (Wildman–Crippen LogP) is 5.76. The summed E-state index contributed by atoms with van der Waals surface area (Å²) in [4.78, 5) is 11.7. The van der Waals surface area contributed by atoms with Crippen LogP contribution in [-0.2, 0) is 13.6 Å². The number of aromatic carboxylic acids is 1. The number of aromatic nitrogens is 4. The molecule has 12 heteroatoms. The fourth-order valence-corrected chi connectivity index (χ4v) is 4.18. The molecule has 0 saturated carbocycles. The zero-order chi connectivity index (χ0) is 26.1. The van der Waals surface area contributed by atoms with E-state index in [0.29, 0.717) is 17.7 Å². The highest BCUT2D eigenvalue weighted by Gasteiger charge is 2.26. The van der Waals surface area contributed by atoms with Gasteiger partial charge in [-0.15, -0.1) is 0 Å². The van der Waals surface area contributed by atoms with E-state index in [1.54, 1.807) is 23.1 Å². The number of halogens is 4. The van der Waals surface area contributed by atoms with Crippen molar-refractivity contribution in [3.05, 3.63) is 47.8 Å². The lowest BCUT2D eigenvalue weighted by Crippen LogP contribution is -2.10. The van der Waals surface area contributed by atoms with E-state index in [0.717, 1.165) is 19.6 Å². The molecule has 8 nitrogen and oxygen atoms in total. The number of hydrogen-bond donors (Lipinski definition) is 1. The molecule has 36 heavy (non-hydrogen) atoms. The average Bonchev–Trinajstić information content (AvgIpc) is 3.40. The fourth-order valence-electron chi connectivity index (χ4n) is 4.18. The van der Waals surface area contributed by atoms with Gasteiger partial charge in [0.25, 0.3) is 6.43 Å². The maximum Gasteiger partial charge on any atom is 0.387 e. The summed E-state index contributed by atoms with van der Waals surface area (Å²) in [6, 6.07) is 5.28. The smallest absolute Gasteiger partial charge is 0.387 e. The van der Waals surface area contributed by atoms with Crippen LogP contribution in [0.4, 0.5) is 17.6 Å². The zero-order valence-electron chi connectivity index (χ0n) is 19.5. The minimum atomic E-state index is -3.32. The third-order valence-corrected chi connectivity index (χ3v) is 5.61. The molecule has 4 aromatic rings. The van der Waals surface area contributed by atoms with E-state index in [1.165, 1.54) is 23.9 Å². The summed E-state index contributed by atoms with van der Waals surface area (Å²) in [6.07, 6.45) is 1.30. The van der Waals surface area contributed by atoms with Crippen LogP contribution in [0.2, 0.25) is 0 Å². The Morgan fingerprint density at radius 1 is 1.08 bits per heavy atom. The van der Waals surface area contributed by atoms with Gasteiger partial charge in [0.15, 0.2) is 0 Å². The standard InChI is InChI=1S/C24H22F4N4O4/c1-4-5-32-11-14(10-29-32)12-6-15(22(25)26)19-16(7-12)30-31(2)21(19)13-8-17(35-3)20(23(33)34)18(9-13)36-24(27)28/h6-11,22,24H,4-5H2,1-3H3,(H,33,34). The molecule has 2 aromatic carbocycles. The topological polar surface area (TPSA) is 91.4 Å². The number of carbonyl (C=O) groups is 1. The van der Waals surface area contributed by atoms with Gasteiger partial charge in [0.1, 0.15) is 17.1 Å². The van der Waals surface area contributed by atoms with Crippen LogP contribution in [0, 0.1) is 0 Å². The van der Waals surface area contributed by atoms with E-state index in [2.05, 4.69) is 14.9 Å². The van der Waals surface area contributed by atoms with Crippen molar-refractivity contribution in [2.24, 2.45) is 7.05 Å². The monoisotopic (exact) mass is 506 g/mol. The summed E-state index contributed by atoms with van der Waals surface area (Å²) < 4.78 is 67.3. The lowest BCUT2D eigenvalue weighted by molar-refractivity contribution is -0.0504. The van der Waals surface area contributed by atoms with Crippen molar-refractivity contribution in [1.29, 1.82) is 0 Å². The third-order valence-electron chi connectivity index (χ3n) is 5.61. The number of rotatable bonds is 9. The number of benzene rings is 2. The van der Waals surface area contributed by atoms with E-state index in [-0.39, 0.29) is 33.5 Å². The molecule has 0 aliphatic heterocycles. The molecule has 0 saturated heterocycles. The highest BCUT2D eigenvalue weighted by Crippen LogP contribution is 2.42. The van der Waals surface area contributed by atoms with Gasteiger partial charge in [-0.05, 0) is 36.2 Å². The summed E-state index contributed by atoms with van der Waals surface area (Å²) in [5.74, 6) is -2.49. The predicted molar refractivity (Wildman–Crippen MR) is 123 cm³/mol. The van der Waals surface area contributed by atoms with Gasteiger partial charge in [0.2, 0.25) is 0 Å². The molecule has 190 valence electrons. The molecule has 0 aliphatic rings. The van der Waals surface area contributed by atoms with Crippen molar-refractivity contribution < 1.29 is 36.9 Å². The Kier molecular flexibility index (Phi) is 6.86. The molecular formula is C24H22F4N4O4.